The highest BCUT2D eigenvalue weighted by Gasteiger charge is 2.20. The molecule has 1 saturated heterocycles. The van der Waals surface area contributed by atoms with Gasteiger partial charge in [0.05, 0.1) is 12.6 Å². The number of benzene rings is 2. The van der Waals surface area contributed by atoms with E-state index in [2.05, 4.69) is 84.4 Å². The van der Waals surface area contributed by atoms with Crippen LogP contribution in [0, 0.1) is 6.92 Å². The van der Waals surface area contributed by atoms with E-state index in [0.29, 0.717) is 6.54 Å². The third-order valence-corrected chi connectivity index (χ3v) is 5.46. The van der Waals surface area contributed by atoms with Crippen LogP contribution in [0.1, 0.15) is 36.6 Å². The fraction of sp³-hybridized carbons (Fsp3) is 0.435. The maximum Gasteiger partial charge on any atom is 0.234 e. The summed E-state index contributed by atoms with van der Waals surface area (Å²) in [5.41, 5.74) is 5.10. The molecule has 0 aliphatic carbocycles. The van der Waals surface area contributed by atoms with Crippen molar-refractivity contribution in [2.24, 2.45) is 0 Å². The van der Waals surface area contributed by atoms with Crippen molar-refractivity contribution in [2.45, 2.75) is 33.2 Å². The van der Waals surface area contributed by atoms with Crippen LogP contribution in [0.3, 0.4) is 0 Å². The molecule has 2 aromatic rings. The van der Waals surface area contributed by atoms with Crippen LogP contribution < -0.4 is 10.2 Å². The van der Waals surface area contributed by atoms with Gasteiger partial charge in [0.25, 0.3) is 0 Å². The van der Waals surface area contributed by atoms with E-state index < -0.39 is 0 Å². The van der Waals surface area contributed by atoms with Crippen LogP contribution in [0.2, 0.25) is 0 Å². The number of carbonyl (C=O) groups is 1. The molecule has 0 unspecified atom stereocenters. The first-order chi connectivity index (χ1) is 13.1. The fourth-order valence-electron chi connectivity index (χ4n) is 3.68. The number of carbonyl (C=O) groups excluding carboxylic acids is 1. The van der Waals surface area contributed by atoms with Gasteiger partial charge in [-0.25, -0.2) is 0 Å². The maximum absolute atomic E-state index is 12.5. The van der Waals surface area contributed by atoms with E-state index in [1.807, 2.05) is 0 Å². The summed E-state index contributed by atoms with van der Waals surface area (Å²) in [6.07, 6.45) is 1.04. The molecule has 0 radical (unpaired) electrons. The molecular formula is C23H31N3O. The molecule has 0 aromatic heterocycles. The van der Waals surface area contributed by atoms with Crippen LogP contribution in [-0.2, 0) is 11.2 Å². The second-order valence-corrected chi connectivity index (χ2v) is 7.43. The van der Waals surface area contributed by atoms with Gasteiger partial charge in [-0.15, -0.1) is 0 Å². The maximum atomic E-state index is 12.5. The molecule has 3 rings (SSSR count). The zero-order chi connectivity index (χ0) is 19.2. The Hall–Kier alpha value is -2.33. The van der Waals surface area contributed by atoms with Crippen molar-refractivity contribution in [2.75, 3.05) is 37.6 Å². The number of nitrogens with one attached hydrogen (secondary N) is 1. The molecule has 0 spiro atoms. The van der Waals surface area contributed by atoms with Gasteiger partial charge in [-0.1, -0.05) is 49.4 Å². The topological polar surface area (TPSA) is 35.6 Å². The number of piperazine rings is 1. The average Bonchev–Trinajstić information content (AvgIpc) is 2.69. The van der Waals surface area contributed by atoms with Crippen molar-refractivity contribution >= 4 is 11.6 Å². The van der Waals surface area contributed by atoms with E-state index >= 15 is 0 Å². The van der Waals surface area contributed by atoms with Crippen LogP contribution in [0.5, 0.6) is 0 Å². The second-order valence-electron chi connectivity index (χ2n) is 7.43. The molecule has 27 heavy (non-hydrogen) atoms. The first kappa shape index (κ1) is 19.4. The van der Waals surface area contributed by atoms with Crippen molar-refractivity contribution in [3.63, 3.8) is 0 Å². The molecule has 1 aliphatic rings. The fourth-order valence-corrected chi connectivity index (χ4v) is 3.68. The summed E-state index contributed by atoms with van der Waals surface area (Å²) in [4.78, 5) is 17.1. The Bertz CT molecular complexity index is 748. The molecule has 0 saturated carbocycles. The van der Waals surface area contributed by atoms with Crippen molar-refractivity contribution in [3.8, 4) is 0 Å². The number of hydrogen-bond donors (Lipinski definition) is 1. The highest BCUT2D eigenvalue weighted by atomic mass is 16.2. The smallest absolute Gasteiger partial charge is 0.234 e. The van der Waals surface area contributed by atoms with Gasteiger partial charge in [0.2, 0.25) is 5.91 Å². The molecule has 0 bridgehead atoms. The summed E-state index contributed by atoms with van der Waals surface area (Å²) in [6.45, 7) is 10.6. The molecule has 1 atom stereocenters. The van der Waals surface area contributed by atoms with Crippen LogP contribution in [-0.4, -0.2) is 43.5 Å². The molecule has 2 aromatic carbocycles. The predicted molar refractivity (Wildman–Crippen MR) is 112 cm³/mol. The van der Waals surface area contributed by atoms with E-state index in [1.54, 1.807) is 0 Å². The van der Waals surface area contributed by atoms with Gasteiger partial charge < -0.3 is 10.2 Å². The molecule has 1 N–H and O–H groups in total. The van der Waals surface area contributed by atoms with Gasteiger partial charge in [0.15, 0.2) is 0 Å². The Balaban J connectivity index is 1.47. The monoisotopic (exact) mass is 365 g/mol. The predicted octanol–water partition coefficient (Wildman–Crippen LogP) is 3.56. The Labute approximate surface area is 163 Å². The third-order valence-electron chi connectivity index (χ3n) is 5.46. The molecule has 4 nitrogen and oxygen atoms in total. The van der Waals surface area contributed by atoms with Gasteiger partial charge in [0.1, 0.15) is 0 Å². The Kier molecular flexibility index (Phi) is 6.51. The summed E-state index contributed by atoms with van der Waals surface area (Å²) in [6, 6.07) is 17.1. The average molecular weight is 366 g/mol. The summed E-state index contributed by atoms with van der Waals surface area (Å²) in [5.74, 6) is 0.103. The lowest BCUT2D eigenvalue weighted by atomic mass is 10.0. The standard InChI is InChI=1S/C23H31N3O/c1-4-20-9-11-21(12-10-20)19(3)24-23(27)17-25-13-15-26(16-14-25)22-8-6-5-7-18(22)2/h5-12,19H,4,13-17H2,1-3H3,(H,24,27)/t19-/m1/s1. The molecule has 4 heteroatoms. The van der Waals surface area contributed by atoms with E-state index in [1.165, 1.54) is 16.8 Å². The molecule has 1 amide bonds. The van der Waals surface area contributed by atoms with Gasteiger partial charge in [-0.2, -0.15) is 0 Å². The second kappa shape index (κ2) is 9.05. The first-order valence-electron chi connectivity index (χ1n) is 9.98. The van der Waals surface area contributed by atoms with Gasteiger partial charge in [0, 0.05) is 31.9 Å². The Morgan fingerprint density at radius 2 is 1.70 bits per heavy atom. The molecule has 1 aliphatic heterocycles. The van der Waals surface area contributed by atoms with Gasteiger partial charge in [-0.3, -0.25) is 9.69 Å². The van der Waals surface area contributed by atoms with Crippen molar-refractivity contribution < 1.29 is 4.79 Å². The highest BCUT2D eigenvalue weighted by molar-refractivity contribution is 5.78. The summed E-state index contributed by atoms with van der Waals surface area (Å²) in [5, 5.41) is 3.14. The van der Waals surface area contributed by atoms with Crippen LogP contribution in [0.15, 0.2) is 48.5 Å². The number of nitrogens with zero attached hydrogens (tertiary/aromatic N) is 2. The van der Waals surface area contributed by atoms with Crippen LogP contribution in [0.4, 0.5) is 5.69 Å². The summed E-state index contributed by atoms with van der Waals surface area (Å²) in [7, 11) is 0. The largest absolute Gasteiger partial charge is 0.369 e. The van der Waals surface area contributed by atoms with Crippen molar-refractivity contribution in [1.82, 2.24) is 10.2 Å². The Morgan fingerprint density at radius 1 is 1.04 bits per heavy atom. The van der Waals surface area contributed by atoms with E-state index in [4.69, 9.17) is 0 Å². The first-order valence-corrected chi connectivity index (χ1v) is 9.98. The SMILES string of the molecule is CCc1ccc([C@@H](C)NC(=O)CN2CCN(c3ccccc3C)CC2)cc1. The third kappa shape index (κ3) is 5.10. The molecule has 144 valence electrons. The number of aryl methyl sites for hydroxylation is 2. The normalized spacial score (nSPS) is 16.2. The molecule has 1 fully saturated rings. The van der Waals surface area contributed by atoms with E-state index in [-0.39, 0.29) is 11.9 Å². The minimum atomic E-state index is 0.0386. The van der Waals surface area contributed by atoms with Crippen LogP contribution >= 0.6 is 0 Å². The molecular weight excluding hydrogens is 334 g/mol. The van der Waals surface area contributed by atoms with Gasteiger partial charge >= 0.3 is 0 Å². The number of para-hydroxylation sites is 1. The van der Waals surface area contributed by atoms with Crippen molar-refractivity contribution in [1.29, 1.82) is 0 Å². The number of rotatable bonds is 6. The lowest BCUT2D eigenvalue weighted by Gasteiger charge is -2.36. The number of hydrogen-bond acceptors (Lipinski definition) is 3. The van der Waals surface area contributed by atoms with Gasteiger partial charge in [-0.05, 0) is 43.0 Å². The van der Waals surface area contributed by atoms with Crippen molar-refractivity contribution in [3.05, 3.63) is 65.2 Å². The molecule has 1 heterocycles. The summed E-state index contributed by atoms with van der Waals surface area (Å²) < 4.78 is 0. The number of anilines is 1. The minimum absolute atomic E-state index is 0.0386. The quantitative estimate of drug-likeness (QED) is 0.850. The van der Waals surface area contributed by atoms with E-state index in [0.717, 1.165) is 38.2 Å². The lowest BCUT2D eigenvalue weighted by molar-refractivity contribution is -0.123. The zero-order valence-corrected chi connectivity index (χ0v) is 16.7. The summed E-state index contributed by atoms with van der Waals surface area (Å²) >= 11 is 0. The van der Waals surface area contributed by atoms with Crippen LogP contribution in [0.25, 0.3) is 0 Å². The number of amides is 1. The minimum Gasteiger partial charge on any atom is -0.369 e. The zero-order valence-electron chi connectivity index (χ0n) is 16.7. The van der Waals surface area contributed by atoms with E-state index in [9.17, 15) is 4.79 Å². The Morgan fingerprint density at radius 3 is 2.33 bits per heavy atom. The lowest BCUT2D eigenvalue weighted by Crippen LogP contribution is -2.49. The highest BCUT2D eigenvalue weighted by Crippen LogP contribution is 2.20.